The van der Waals surface area contributed by atoms with Crippen LogP contribution < -0.4 is 15.0 Å². The van der Waals surface area contributed by atoms with Crippen molar-refractivity contribution >= 4 is 54.8 Å². The number of sulfonamides is 1. The third-order valence-corrected chi connectivity index (χ3v) is 8.78. The Bertz CT molecular complexity index is 1360. The number of nitrogens with one attached hydrogen (secondary N) is 1. The van der Waals surface area contributed by atoms with Crippen LogP contribution >= 0.6 is 27.5 Å². The van der Waals surface area contributed by atoms with Gasteiger partial charge in [0.25, 0.3) is 5.91 Å². The van der Waals surface area contributed by atoms with Gasteiger partial charge in [-0.05, 0) is 72.2 Å². The smallest absolute Gasteiger partial charge is 0.255 e. The molecular weight excluding hydrogens is 566 g/mol. The van der Waals surface area contributed by atoms with Gasteiger partial charge in [-0.3, -0.25) is 4.79 Å². The van der Waals surface area contributed by atoms with Crippen LogP contribution in [0.1, 0.15) is 22.8 Å². The molecule has 0 spiro atoms. The van der Waals surface area contributed by atoms with Gasteiger partial charge in [0.2, 0.25) is 10.0 Å². The Balaban J connectivity index is 1.50. The number of rotatable bonds is 7. The van der Waals surface area contributed by atoms with Crippen LogP contribution in [0.3, 0.4) is 0 Å². The predicted molar refractivity (Wildman–Crippen MR) is 147 cm³/mol. The van der Waals surface area contributed by atoms with Gasteiger partial charge in [-0.1, -0.05) is 35.4 Å². The largest absolute Gasteiger partial charge is 0.493 e. The summed E-state index contributed by atoms with van der Waals surface area (Å²) in [5.74, 6) is 0.374. The number of nitrogens with zero attached hydrogens (tertiary/aromatic N) is 2. The number of carbonyl (C=O) groups excluding carboxylic acids is 1. The van der Waals surface area contributed by atoms with E-state index in [1.165, 1.54) is 4.31 Å². The van der Waals surface area contributed by atoms with Gasteiger partial charge in [0.1, 0.15) is 5.75 Å². The van der Waals surface area contributed by atoms with Crippen molar-refractivity contribution in [2.45, 2.75) is 18.7 Å². The average Bonchev–Trinajstić information content (AvgIpc) is 2.86. The maximum Gasteiger partial charge on any atom is 0.255 e. The van der Waals surface area contributed by atoms with Crippen molar-refractivity contribution in [3.8, 4) is 5.75 Å². The summed E-state index contributed by atoms with van der Waals surface area (Å²) in [6.07, 6.45) is 0. The summed E-state index contributed by atoms with van der Waals surface area (Å²) in [7, 11) is -3.58. The summed E-state index contributed by atoms with van der Waals surface area (Å²) in [5, 5.41) is 3.44. The Hall–Kier alpha value is -2.59. The van der Waals surface area contributed by atoms with E-state index in [4.69, 9.17) is 16.3 Å². The highest BCUT2D eigenvalue weighted by Gasteiger charge is 2.30. The minimum atomic E-state index is -3.58. The van der Waals surface area contributed by atoms with Gasteiger partial charge in [0, 0.05) is 31.7 Å². The summed E-state index contributed by atoms with van der Waals surface area (Å²) in [6.45, 7) is 5.82. The number of piperazine rings is 1. The normalized spacial score (nSPS) is 14.5. The molecule has 0 atom stereocenters. The molecule has 10 heteroatoms. The summed E-state index contributed by atoms with van der Waals surface area (Å²) in [4.78, 5) is 15.3. The van der Waals surface area contributed by atoms with Crippen molar-refractivity contribution in [2.24, 2.45) is 0 Å². The predicted octanol–water partition coefficient (Wildman–Crippen LogP) is 5.57. The molecule has 1 aliphatic heterocycles. The third kappa shape index (κ3) is 5.70. The lowest BCUT2D eigenvalue weighted by molar-refractivity contribution is 0.102. The first-order valence-corrected chi connectivity index (χ1v) is 14.2. The van der Waals surface area contributed by atoms with Crippen molar-refractivity contribution < 1.29 is 17.9 Å². The SMILES string of the molecule is CCOc1ccc(C(=O)Nc2cccc(Cl)c2N2CCN(S(=O)(=O)c3ccc(C)cc3)CC2)cc1Br. The fourth-order valence-electron chi connectivity index (χ4n) is 4.06. The van der Waals surface area contributed by atoms with Gasteiger partial charge in [0.15, 0.2) is 0 Å². The number of anilines is 2. The summed E-state index contributed by atoms with van der Waals surface area (Å²) in [6, 6.07) is 17.3. The first kappa shape index (κ1) is 26.5. The molecule has 1 heterocycles. The van der Waals surface area contributed by atoms with Crippen molar-refractivity contribution in [3.05, 3.63) is 81.3 Å². The topological polar surface area (TPSA) is 79.0 Å². The molecule has 7 nitrogen and oxygen atoms in total. The molecule has 1 aliphatic rings. The van der Waals surface area contributed by atoms with Gasteiger partial charge < -0.3 is 15.0 Å². The lowest BCUT2D eigenvalue weighted by Gasteiger charge is -2.36. The third-order valence-electron chi connectivity index (χ3n) is 5.94. The van der Waals surface area contributed by atoms with Gasteiger partial charge in [-0.25, -0.2) is 8.42 Å². The number of para-hydroxylation sites is 1. The molecule has 1 N–H and O–H groups in total. The zero-order valence-corrected chi connectivity index (χ0v) is 23.2. The van der Waals surface area contributed by atoms with Crippen molar-refractivity contribution in [1.82, 2.24) is 4.31 Å². The molecule has 1 amide bonds. The van der Waals surface area contributed by atoms with Crippen molar-refractivity contribution in [2.75, 3.05) is 43.0 Å². The maximum absolute atomic E-state index is 13.1. The lowest BCUT2D eigenvalue weighted by Crippen LogP contribution is -2.49. The second-order valence-electron chi connectivity index (χ2n) is 8.37. The number of benzene rings is 3. The Morgan fingerprint density at radius 1 is 1.06 bits per heavy atom. The maximum atomic E-state index is 13.1. The highest BCUT2D eigenvalue weighted by atomic mass is 79.9. The number of hydrogen-bond donors (Lipinski definition) is 1. The van der Waals surface area contributed by atoms with Crippen LogP contribution in [-0.2, 0) is 10.0 Å². The average molecular weight is 593 g/mol. The highest BCUT2D eigenvalue weighted by molar-refractivity contribution is 9.10. The van der Waals surface area contributed by atoms with Crippen LogP contribution in [0.4, 0.5) is 11.4 Å². The van der Waals surface area contributed by atoms with E-state index >= 15 is 0 Å². The molecule has 3 aromatic rings. The zero-order chi connectivity index (χ0) is 25.9. The van der Waals surface area contributed by atoms with Crippen LogP contribution in [-0.4, -0.2) is 51.4 Å². The first-order chi connectivity index (χ1) is 17.2. The Kier molecular flexibility index (Phi) is 8.24. The van der Waals surface area contributed by atoms with Crippen molar-refractivity contribution in [3.63, 3.8) is 0 Å². The molecule has 4 rings (SSSR count). The van der Waals surface area contributed by atoms with E-state index in [0.717, 1.165) is 5.56 Å². The number of hydrogen-bond acceptors (Lipinski definition) is 5. The molecule has 3 aromatic carbocycles. The van der Waals surface area contributed by atoms with E-state index in [1.807, 2.05) is 18.7 Å². The number of carbonyl (C=O) groups is 1. The fraction of sp³-hybridized carbons (Fsp3) is 0.269. The molecule has 0 saturated carbocycles. The van der Waals surface area contributed by atoms with E-state index in [0.29, 0.717) is 65.0 Å². The standard InChI is InChI=1S/C26H27BrClN3O4S/c1-3-35-24-12-9-19(17-21(24)27)26(32)29-23-6-4-5-22(28)25(23)30-13-15-31(16-14-30)36(33,34)20-10-7-18(2)8-11-20/h4-12,17H,3,13-16H2,1-2H3,(H,29,32). The number of amides is 1. The second kappa shape index (κ2) is 11.2. The molecule has 0 aliphatic carbocycles. The van der Waals surface area contributed by atoms with Crippen molar-refractivity contribution in [1.29, 1.82) is 0 Å². The lowest BCUT2D eigenvalue weighted by atomic mass is 10.1. The zero-order valence-electron chi connectivity index (χ0n) is 20.0. The van der Waals surface area contributed by atoms with E-state index in [2.05, 4.69) is 21.2 Å². The van der Waals surface area contributed by atoms with E-state index in [9.17, 15) is 13.2 Å². The van der Waals surface area contributed by atoms with Crippen LogP contribution in [0.5, 0.6) is 5.75 Å². The Morgan fingerprint density at radius 3 is 2.39 bits per heavy atom. The van der Waals surface area contributed by atoms with Gasteiger partial charge in [0.05, 0.1) is 32.4 Å². The van der Waals surface area contributed by atoms with E-state index < -0.39 is 10.0 Å². The fourth-order valence-corrected chi connectivity index (χ4v) is 6.27. The molecule has 36 heavy (non-hydrogen) atoms. The van der Waals surface area contributed by atoms with Gasteiger partial charge in [-0.15, -0.1) is 0 Å². The van der Waals surface area contributed by atoms with Gasteiger partial charge in [-0.2, -0.15) is 4.31 Å². The number of halogens is 2. The number of aryl methyl sites for hydroxylation is 1. The molecule has 190 valence electrons. The number of ether oxygens (including phenoxy) is 1. The summed E-state index contributed by atoms with van der Waals surface area (Å²) >= 11 is 10.0. The Labute approximate surface area is 225 Å². The first-order valence-electron chi connectivity index (χ1n) is 11.5. The summed E-state index contributed by atoms with van der Waals surface area (Å²) in [5.41, 5.74) is 2.70. The second-order valence-corrected chi connectivity index (χ2v) is 11.6. The minimum Gasteiger partial charge on any atom is -0.493 e. The van der Waals surface area contributed by atoms with Crippen LogP contribution in [0.2, 0.25) is 5.02 Å². The van der Waals surface area contributed by atoms with E-state index in [1.54, 1.807) is 60.7 Å². The van der Waals surface area contributed by atoms with E-state index in [-0.39, 0.29) is 10.8 Å². The quantitative estimate of drug-likeness (QED) is 0.388. The molecule has 1 fully saturated rings. The molecule has 0 bridgehead atoms. The minimum absolute atomic E-state index is 0.286. The van der Waals surface area contributed by atoms with Crippen LogP contribution in [0.25, 0.3) is 0 Å². The van der Waals surface area contributed by atoms with Gasteiger partial charge >= 0.3 is 0 Å². The molecular formula is C26H27BrClN3O4S. The molecule has 1 saturated heterocycles. The molecule has 0 radical (unpaired) electrons. The van der Waals surface area contributed by atoms with Crippen LogP contribution in [0, 0.1) is 6.92 Å². The molecule has 0 unspecified atom stereocenters. The molecule has 0 aromatic heterocycles. The highest BCUT2D eigenvalue weighted by Crippen LogP contribution is 2.36. The van der Waals surface area contributed by atoms with Crippen LogP contribution in [0.15, 0.2) is 70.0 Å². The summed E-state index contributed by atoms with van der Waals surface area (Å²) < 4.78 is 33.9. The monoisotopic (exact) mass is 591 g/mol. The Morgan fingerprint density at radius 2 is 1.75 bits per heavy atom.